The van der Waals surface area contributed by atoms with Gasteiger partial charge in [-0.1, -0.05) is 23.7 Å². The Bertz CT molecular complexity index is 735. The molecule has 1 fully saturated rings. The minimum Gasteiger partial charge on any atom is -0.479 e. The largest absolute Gasteiger partial charge is 0.479 e. The molecular formula is C19H21ClN2O3. The summed E-state index contributed by atoms with van der Waals surface area (Å²) in [5, 5.41) is 9.37. The monoisotopic (exact) mass is 360 g/mol. The van der Waals surface area contributed by atoms with Crippen LogP contribution in [-0.2, 0) is 17.9 Å². The van der Waals surface area contributed by atoms with E-state index < -0.39 is 12.1 Å². The van der Waals surface area contributed by atoms with Gasteiger partial charge in [-0.2, -0.15) is 0 Å². The highest BCUT2D eigenvalue weighted by atomic mass is 35.5. The molecule has 0 saturated heterocycles. The summed E-state index contributed by atoms with van der Waals surface area (Å²) >= 11 is 6.27. The van der Waals surface area contributed by atoms with E-state index in [-0.39, 0.29) is 0 Å². The van der Waals surface area contributed by atoms with Crippen molar-refractivity contribution in [1.82, 2.24) is 9.88 Å². The Morgan fingerprint density at radius 3 is 2.72 bits per heavy atom. The minimum absolute atomic E-state index is 0.394. The van der Waals surface area contributed by atoms with Crippen molar-refractivity contribution in [2.45, 2.75) is 45.0 Å². The summed E-state index contributed by atoms with van der Waals surface area (Å²) in [6.45, 7) is 3.12. The maximum atomic E-state index is 10.9. The minimum atomic E-state index is -1.02. The fourth-order valence-electron chi connectivity index (χ4n) is 2.69. The lowest BCUT2D eigenvalue weighted by molar-refractivity contribution is -0.144. The lowest BCUT2D eigenvalue weighted by Crippen LogP contribution is -2.25. The van der Waals surface area contributed by atoms with Crippen LogP contribution in [0, 0.1) is 0 Å². The highest BCUT2D eigenvalue weighted by molar-refractivity contribution is 6.32. The molecule has 1 aliphatic carbocycles. The van der Waals surface area contributed by atoms with E-state index in [4.69, 9.17) is 21.4 Å². The van der Waals surface area contributed by atoms with E-state index in [9.17, 15) is 4.79 Å². The van der Waals surface area contributed by atoms with E-state index in [1.165, 1.54) is 25.3 Å². The fourth-order valence-corrected chi connectivity index (χ4v) is 2.94. The molecular weight excluding hydrogens is 340 g/mol. The van der Waals surface area contributed by atoms with Gasteiger partial charge < -0.3 is 9.84 Å². The van der Waals surface area contributed by atoms with Crippen molar-refractivity contribution in [3.8, 4) is 5.75 Å². The average Bonchev–Trinajstić information content (AvgIpc) is 3.42. The molecule has 1 atom stereocenters. The Balaban J connectivity index is 1.68. The highest BCUT2D eigenvalue weighted by Crippen LogP contribution is 2.32. The molecule has 1 N–H and O–H groups in total. The van der Waals surface area contributed by atoms with Crippen LogP contribution >= 0.6 is 11.6 Å². The number of benzene rings is 1. The van der Waals surface area contributed by atoms with E-state index >= 15 is 0 Å². The fraction of sp³-hybridized carbons (Fsp3) is 0.368. The smallest absolute Gasteiger partial charge is 0.344 e. The average molecular weight is 361 g/mol. The standard InChI is InChI=1S/C19H21ClN2O3/c1-13(19(23)24)25-18-7-4-14(9-17(18)20)11-22(16-5-6-16)12-15-3-2-8-21-10-15/h2-4,7-10,13,16H,5-6,11-12H2,1H3,(H,23,24)/t13-/m1/s1. The van der Waals surface area contributed by atoms with Gasteiger partial charge in [-0.25, -0.2) is 4.79 Å². The molecule has 132 valence electrons. The molecule has 0 bridgehead atoms. The predicted octanol–water partition coefficient (Wildman–Crippen LogP) is 3.75. The maximum Gasteiger partial charge on any atom is 0.344 e. The van der Waals surface area contributed by atoms with Crippen molar-refractivity contribution in [2.75, 3.05) is 0 Å². The van der Waals surface area contributed by atoms with Crippen molar-refractivity contribution in [3.05, 3.63) is 58.9 Å². The van der Waals surface area contributed by atoms with E-state index in [0.717, 1.165) is 18.7 Å². The van der Waals surface area contributed by atoms with Gasteiger partial charge in [0.25, 0.3) is 0 Å². The third-order valence-electron chi connectivity index (χ3n) is 4.21. The first-order valence-corrected chi connectivity index (χ1v) is 8.71. The number of pyridine rings is 1. The molecule has 0 aliphatic heterocycles. The van der Waals surface area contributed by atoms with Crippen molar-refractivity contribution in [3.63, 3.8) is 0 Å². The van der Waals surface area contributed by atoms with E-state index in [1.807, 2.05) is 24.4 Å². The molecule has 1 aliphatic rings. The molecule has 0 spiro atoms. The zero-order chi connectivity index (χ0) is 17.8. The van der Waals surface area contributed by atoms with E-state index in [0.29, 0.717) is 16.8 Å². The Morgan fingerprint density at radius 2 is 2.12 bits per heavy atom. The number of carboxylic acid groups (broad SMARTS) is 1. The molecule has 0 unspecified atom stereocenters. The van der Waals surface area contributed by atoms with Crippen LogP contribution in [0.25, 0.3) is 0 Å². The summed E-state index contributed by atoms with van der Waals surface area (Å²) in [6, 6.07) is 10.2. The summed E-state index contributed by atoms with van der Waals surface area (Å²) in [5.41, 5.74) is 2.27. The molecule has 25 heavy (non-hydrogen) atoms. The van der Waals surface area contributed by atoms with Crippen LogP contribution in [-0.4, -0.2) is 33.1 Å². The Kier molecular flexibility index (Phi) is 5.56. The number of aliphatic carboxylic acids is 1. The lowest BCUT2D eigenvalue weighted by Gasteiger charge is -2.22. The number of aromatic nitrogens is 1. The molecule has 6 heteroatoms. The molecule has 3 rings (SSSR count). The van der Waals surface area contributed by atoms with Crippen LogP contribution in [0.1, 0.15) is 30.9 Å². The third kappa shape index (κ3) is 4.94. The number of carbonyl (C=O) groups is 1. The molecule has 1 saturated carbocycles. The van der Waals surface area contributed by atoms with Gasteiger partial charge >= 0.3 is 5.97 Å². The number of rotatable bonds is 8. The quantitative estimate of drug-likeness (QED) is 0.776. The van der Waals surface area contributed by atoms with Gasteiger partial charge in [0.15, 0.2) is 6.10 Å². The summed E-state index contributed by atoms with van der Waals surface area (Å²) in [5.74, 6) is -0.623. The topological polar surface area (TPSA) is 62.7 Å². The second kappa shape index (κ2) is 7.85. The normalized spacial score (nSPS) is 15.2. The number of halogens is 1. The molecule has 1 aromatic heterocycles. The molecule has 1 heterocycles. The summed E-state index contributed by atoms with van der Waals surface area (Å²) in [6.07, 6.45) is 5.17. The van der Waals surface area contributed by atoms with Gasteiger partial charge in [-0.05, 0) is 49.1 Å². The van der Waals surface area contributed by atoms with Crippen molar-refractivity contribution in [1.29, 1.82) is 0 Å². The zero-order valence-corrected chi connectivity index (χ0v) is 14.8. The van der Waals surface area contributed by atoms with Crippen LogP contribution in [0.5, 0.6) is 5.75 Å². The van der Waals surface area contributed by atoms with Crippen molar-refractivity contribution >= 4 is 17.6 Å². The van der Waals surface area contributed by atoms with Gasteiger partial charge in [0.2, 0.25) is 0 Å². The predicted molar refractivity (Wildman–Crippen MR) is 95.7 cm³/mol. The van der Waals surface area contributed by atoms with Gasteiger partial charge in [0.05, 0.1) is 5.02 Å². The van der Waals surface area contributed by atoms with Crippen molar-refractivity contribution < 1.29 is 14.6 Å². The van der Waals surface area contributed by atoms with Gasteiger partial charge in [-0.3, -0.25) is 9.88 Å². The van der Waals surface area contributed by atoms with Gasteiger partial charge in [0, 0.05) is 31.5 Å². The Hall–Kier alpha value is -2.11. The SMILES string of the molecule is C[C@@H](Oc1ccc(CN(Cc2cccnc2)C2CC2)cc1Cl)C(=O)O. The van der Waals surface area contributed by atoms with Crippen LogP contribution < -0.4 is 4.74 Å². The molecule has 0 amide bonds. The van der Waals surface area contributed by atoms with Crippen LogP contribution in [0.2, 0.25) is 5.02 Å². The first kappa shape index (κ1) is 17.7. The van der Waals surface area contributed by atoms with Crippen LogP contribution in [0.3, 0.4) is 0 Å². The van der Waals surface area contributed by atoms with Crippen LogP contribution in [0.4, 0.5) is 0 Å². The van der Waals surface area contributed by atoms with E-state index in [2.05, 4.69) is 16.0 Å². The highest BCUT2D eigenvalue weighted by Gasteiger charge is 2.29. The van der Waals surface area contributed by atoms with Crippen molar-refractivity contribution in [2.24, 2.45) is 0 Å². The van der Waals surface area contributed by atoms with E-state index in [1.54, 1.807) is 12.3 Å². The number of hydrogen-bond acceptors (Lipinski definition) is 4. The van der Waals surface area contributed by atoms with Gasteiger partial charge in [-0.15, -0.1) is 0 Å². The number of hydrogen-bond donors (Lipinski definition) is 1. The second-order valence-electron chi connectivity index (χ2n) is 6.36. The molecule has 1 aromatic carbocycles. The van der Waals surface area contributed by atoms with Gasteiger partial charge in [0.1, 0.15) is 5.75 Å². The third-order valence-corrected chi connectivity index (χ3v) is 4.50. The Labute approximate surface area is 152 Å². The molecule has 2 aromatic rings. The number of nitrogens with zero attached hydrogens (tertiary/aromatic N) is 2. The number of ether oxygens (including phenoxy) is 1. The van der Waals surface area contributed by atoms with Crippen LogP contribution in [0.15, 0.2) is 42.7 Å². The maximum absolute atomic E-state index is 10.9. The number of carboxylic acids is 1. The zero-order valence-electron chi connectivity index (χ0n) is 14.1. The summed E-state index contributed by atoms with van der Waals surface area (Å²) in [7, 11) is 0. The first-order chi connectivity index (χ1) is 12.0. The first-order valence-electron chi connectivity index (χ1n) is 8.34. The second-order valence-corrected chi connectivity index (χ2v) is 6.77. The molecule has 0 radical (unpaired) electrons. The Morgan fingerprint density at radius 1 is 1.36 bits per heavy atom. The lowest BCUT2D eigenvalue weighted by atomic mass is 10.1. The molecule has 5 nitrogen and oxygen atoms in total. The summed E-state index contributed by atoms with van der Waals surface area (Å²) in [4.78, 5) is 17.5. The summed E-state index contributed by atoms with van der Waals surface area (Å²) < 4.78 is 5.37.